The third-order valence-electron chi connectivity index (χ3n) is 6.28. The molecule has 4 nitrogen and oxygen atoms in total. The SMILES string of the molecule is CCN(CC)C(=O)[C@@]1(c2ccccc2)C[C@H]1CNC(=O)CCCC[C@@H]1CCSS1. The van der Waals surface area contributed by atoms with Crippen molar-refractivity contribution in [3.05, 3.63) is 35.9 Å². The fourth-order valence-corrected chi connectivity index (χ4v) is 7.42. The molecule has 3 atom stereocenters. The van der Waals surface area contributed by atoms with Crippen LogP contribution in [0.2, 0.25) is 0 Å². The van der Waals surface area contributed by atoms with Crippen LogP contribution in [0.4, 0.5) is 0 Å². The van der Waals surface area contributed by atoms with Crippen molar-refractivity contribution in [3.8, 4) is 0 Å². The number of hydrogen-bond acceptors (Lipinski definition) is 4. The van der Waals surface area contributed by atoms with Gasteiger partial charge in [-0.1, -0.05) is 58.3 Å². The van der Waals surface area contributed by atoms with E-state index in [-0.39, 0.29) is 17.7 Å². The Balaban J connectivity index is 1.49. The van der Waals surface area contributed by atoms with Gasteiger partial charge in [0, 0.05) is 37.1 Å². The number of rotatable bonds is 11. The molecule has 29 heavy (non-hydrogen) atoms. The molecule has 1 saturated carbocycles. The summed E-state index contributed by atoms with van der Waals surface area (Å²) in [6.45, 7) is 6.10. The molecule has 3 rings (SSSR count). The summed E-state index contributed by atoms with van der Waals surface area (Å²) in [6, 6.07) is 10.1. The number of carbonyl (C=O) groups excluding carboxylic acids is 2. The lowest BCUT2D eigenvalue weighted by atomic mass is 9.91. The normalized spacial score (nSPS) is 25.6. The number of hydrogen-bond donors (Lipinski definition) is 1. The number of benzene rings is 1. The van der Waals surface area contributed by atoms with Crippen LogP contribution in [-0.4, -0.2) is 47.4 Å². The van der Waals surface area contributed by atoms with Crippen LogP contribution in [0.15, 0.2) is 30.3 Å². The molecule has 0 radical (unpaired) electrons. The second-order valence-electron chi connectivity index (χ2n) is 8.09. The first-order chi connectivity index (χ1) is 14.1. The Morgan fingerprint density at radius 1 is 1.17 bits per heavy atom. The van der Waals surface area contributed by atoms with Crippen molar-refractivity contribution in [2.75, 3.05) is 25.4 Å². The number of likely N-dealkylation sites (N-methyl/N-ethyl adjacent to an activating group) is 1. The number of unbranched alkanes of at least 4 members (excludes halogenated alkanes) is 1. The lowest BCUT2D eigenvalue weighted by molar-refractivity contribution is -0.134. The van der Waals surface area contributed by atoms with E-state index < -0.39 is 5.41 Å². The zero-order valence-corrected chi connectivity index (χ0v) is 19.3. The first-order valence-corrected chi connectivity index (χ1v) is 13.4. The Hall–Kier alpha value is -1.14. The van der Waals surface area contributed by atoms with E-state index in [0.29, 0.717) is 13.0 Å². The molecule has 2 fully saturated rings. The van der Waals surface area contributed by atoms with Crippen LogP contribution in [-0.2, 0) is 15.0 Å². The molecule has 160 valence electrons. The Morgan fingerprint density at radius 3 is 2.59 bits per heavy atom. The van der Waals surface area contributed by atoms with E-state index in [1.807, 2.05) is 58.5 Å². The molecule has 0 spiro atoms. The lowest BCUT2D eigenvalue weighted by Crippen LogP contribution is -2.41. The maximum absolute atomic E-state index is 13.3. The van der Waals surface area contributed by atoms with Crippen molar-refractivity contribution >= 4 is 33.4 Å². The van der Waals surface area contributed by atoms with Crippen LogP contribution >= 0.6 is 21.6 Å². The highest BCUT2D eigenvalue weighted by Gasteiger charge is 2.61. The van der Waals surface area contributed by atoms with Crippen LogP contribution in [0.3, 0.4) is 0 Å². The number of carbonyl (C=O) groups is 2. The number of amides is 2. The Labute approximate surface area is 183 Å². The molecule has 0 aromatic heterocycles. The molecule has 2 amide bonds. The maximum Gasteiger partial charge on any atom is 0.233 e. The van der Waals surface area contributed by atoms with Gasteiger partial charge in [-0.15, -0.1) is 0 Å². The van der Waals surface area contributed by atoms with Gasteiger partial charge in [-0.2, -0.15) is 0 Å². The summed E-state index contributed by atoms with van der Waals surface area (Å²) in [5.74, 6) is 1.79. The third-order valence-corrected chi connectivity index (χ3v) is 9.29. The Kier molecular flexibility index (Phi) is 8.36. The molecule has 1 aliphatic carbocycles. The van der Waals surface area contributed by atoms with Crippen LogP contribution in [0.1, 0.15) is 57.9 Å². The predicted molar refractivity (Wildman–Crippen MR) is 124 cm³/mol. The van der Waals surface area contributed by atoms with E-state index in [2.05, 4.69) is 17.4 Å². The Morgan fingerprint density at radius 2 is 1.93 bits per heavy atom. The standard InChI is InChI=1S/C23H34N2O2S2/c1-3-25(4-2)22(27)23(18-10-6-5-7-11-18)16-19(23)17-24-21(26)13-9-8-12-20-14-15-28-29-20/h5-7,10-11,19-20H,3-4,8-9,12-17H2,1-2H3,(H,24,26)/t19-,20+,23+/m0/s1. The fourth-order valence-electron chi connectivity index (χ4n) is 4.39. The molecule has 0 unspecified atom stereocenters. The molecule has 1 heterocycles. The number of nitrogens with one attached hydrogen (secondary N) is 1. The van der Waals surface area contributed by atoms with Gasteiger partial charge in [0.1, 0.15) is 0 Å². The second-order valence-corrected chi connectivity index (χ2v) is 10.9. The smallest absolute Gasteiger partial charge is 0.233 e. The third kappa shape index (κ3) is 5.52. The number of nitrogens with zero attached hydrogens (tertiary/aromatic N) is 1. The van der Waals surface area contributed by atoms with Gasteiger partial charge in [0.25, 0.3) is 0 Å². The monoisotopic (exact) mass is 434 g/mol. The van der Waals surface area contributed by atoms with Crippen molar-refractivity contribution in [2.24, 2.45) is 5.92 Å². The predicted octanol–water partition coefficient (Wildman–Crippen LogP) is 4.64. The summed E-state index contributed by atoms with van der Waals surface area (Å²) < 4.78 is 0. The van der Waals surface area contributed by atoms with Crippen LogP contribution in [0.5, 0.6) is 0 Å². The molecule has 1 saturated heterocycles. The van der Waals surface area contributed by atoms with E-state index in [4.69, 9.17) is 0 Å². The summed E-state index contributed by atoms with van der Waals surface area (Å²) in [6.07, 6.45) is 6.04. The molecular weight excluding hydrogens is 400 g/mol. The van der Waals surface area contributed by atoms with E-state index in [1.165, 1.54) is 18.6 Å². The molecule has 2 aliphatic rings. The second kappa shape index (κ2) is 10.8. The minimum atomic E-state index is -0.460. The van der Waals surface area contributed by atoms with Gasteiger partial charge in [-0.25, -0.2) is 0 Å². The van der Waals surface area contributed by atoms with Gasteiger partial charge in [-0.05, 0) is 51.0 Å². The van der Waals surface area contributed by atoms with Crippen LogP contribution in [0, 0.1) is 5.92 Å². The average molecular weight is 435 g/mol. The van der Waals surface area contributed by atoms with Crippen molar-refractivity contribution in [3.63, 3.8) is 0 Å². The van der Waals surface area contributed by atoms with Gasteiger partial charge >= 0.3 is 0 Å². The van der Waals surface area contributed by atoms with Crippen LogP contribution in [0.25, 0.3) is 0 Å². The molecule has 6 heteroatoms. The zero-order chi connectivity index (χ0) is 20.7. The largest absolute Gasteiger partial charge is 0.356 e. The van der Waals surface area contributed by atoms with Gasteiger partial charge in [0.2, 0.25) is 11.8 Å². The zero-order valence-electron chi connectivity index (χ0n) is 17.7. The molecule has 1 aromatic rings. The highest BCUT2D eigenvalue weighted by Crippen LogP contribution is 2.55. The first-order valence-electron chi connectivity index (χ1n) is 11.0. The van der Waals surface area contributed by atoms with Gasteiger partial charge in [0.05, 0.1) is 5.41 Å². The van der Waals surface area contributed by atoms with E-state index in [9.17, 15) is 9.59 Å². The summed E-state index contributed by atoms with van der Waals surface area (Å²) in [5, 5.41) is 3.89. The summed E-state index contributed by atoms with van der Waals surface area (Å²) >= 11 is 0. The molecule has 1 aromatic carbocycles. The quantitative estimate of drug-likeness (QED) is 0.407. The highest BCUT2D eigenvalue weighted by atomic mass is 33.1. The summed E-state index contributed by atoms with van der Waals surface area (Å²) in [4.78, 5) is 27.5. The molecular formula is C23H34N2O2S2. The van der Waals surface area contributed by atoms with Gasteiger partial charge in [0.15, 0.2) is 0 Å². The summed E-state index contributed by atoms with van der Waals surface area (Å²) in [7, 11) is 3.99. The van der Waals surface area contributed by atoms with Crippen molar-refractivity contribution in [1.29, 1.82) is 0 Å². The van der Waals surface area contributed by atoms with Gasteiger partial charge in [-0.3, -0.25) is 9.59 Å². The molecule has 1 aliphatic heterocycles. The Bertz CT molecular complexity index is 675. The van der Waals surface area contributed by atoms with Crippen molar-refractivity contribution in [2.45, 2.75) is 63.0 Å². The first kappa shape index (κ1) is 22.5. The van der Waals surface area contributed by atoms with Crippen molar-refractivity contribution < 1.29 is 9.59 Å². The lowest BCUT2D eigenvalue weighted by Gasteiger charge is -2.26. The summed E-state index contributed by atoms with van der Waals surface area (Å²) in [5.41, 5.74) is 0.626. The minimum Gasteiger partial charge on any atom is -0.356 e. The fraction of sp³-hybridized carbons (Fsp3) is 0.652. The van der Waals surface area contributed by atoms with Crippen LogP contribution < -0.4 is 5.32 Å². The van der Waals surface area contributed by atoms with E-state index >= 15 is 0 Å². The molecule has 0 bridgehead atoms. The van der Waals surface area contributed by atoms with E-state index in [1.54, 1.807) is 0 Å². The van der Waals surface area contributed by atoms with E-state index in [0.717, 1.165) is 43.2 Å². The minimum absolute atomic E-state index is 0.127. The van der Waals surface area contributed by atoms with Crippen molar-refractivity contribution in [1.82, 2.24) is 10.2 Å². The average Bonchev–Trinajstić information content (AvgIpc) is 3.26. The molecule has 1 N–H and O–H groups in total. The highest BCUT2D eigenvalue weighted by molar-refractivity contribution is 8.77. The maximum atomic E-state index is 13.3. The topological polar surface area (TPSA) is 49.4 Å². The van der Waals surface area contributed by atoms with Gasteiger partial charge < -0.3 is 10.2 Å².